The van der Waals surface area contributed by atoms with Crippen LogP contribution in [0.15, 0.2) is 24.3 Å². The molecule has 1 unspecified atom stereocenters. The maximum Gasteiger partial charge on any atom is 0.159 e. The Bertz CT molecular complexity index is 323. The summed E-state index contributed by atoms with van der Waals surface area (Å²) in [5.74, 6) is 0.0778. The molecule has 0 heterocycles. The molecule has 0 spiro atoms. The molecule has 0 aliphatic heterocycles. The summed E-state index contributed by atoms with van der Waals surface area (Å²) in [7, 11) is 0. The molecule has 1 atom stereocenters. The smallest absolute Gasteiger partial charge is 0.159 e. The molecule has 0 saturated carbocycles. The maximum atomic E-state index is 11.1. The van der Waals surface area contributed by atoms with Crippen LogP contribution in [0.5, 0.6) is 0 Å². The molecule has 1 aromatic carbocycles. The monoisotopic (exact) mass is 192 g/mol. The summed E-state index contributed by atoms with van der Waals surface area (Å²) in [4.78, 5) is 11.1. The van der Waals surface area contributed by atoms with Crippen molar-refractivity contribution in [1.29, 1.82) is 0 Å². The standard InChI is InChI=1S/C11H16N2O/c1-8(7-12)13-11-5-3-4-10(6-11)9(2)14/h3-6,8,13H,7,12H2,1-2H3. The van der Waals surface area contributed by atoms with Crippen LogP contribution in [0.2, 0.25) is 0 Å². The molecule has 0 radical (unpaired) electrons. The predicted octanol–water partition coefficient (Wildman–Crippen LogP) is 1.65. The average molecular weight is 192 g/mol. The summed E-state index contributed by atoms with van der Waals surface area (Å²) < 4.78 is 0. The fourth-order valence-electron chi connectivity index (χ4n) is 1.17. The van der Waals surface area contributed by atoms with Crippen LogP contribution in [-0.2, 0) is 0 Å². The summed E-state index contributed by atoms with van der Waals surface area (Å²) in [6.07, 6.45) is 0. The van der Waals surface area contributed by atoms with Crippen LogP contribution >= 0.6 is 0 Å². The van der Waals surface area contributed by atoms with E-state index in [1.54, 1.807) is 13.0 Å². The largest absolute Gasteiger partial charge is 0.381 e. The molecule has 76 valence electrons. The van der Waals surface area contributed by atoms with Crippen LogP contribution in [0.3, 0.4) is 0 Å². The second kappa shape index (κ2) is 4.77. The van der Waals surface area contributed by atoms with Crippen LogP contribution in [0, 0.1) is 0 Å². The van der Waals surface area contributed by atoms with Crippen LogP contribution in [0.4, 0.5) is 5.69 Å². The van der Waals surface area contributed by atoms with Gasteiger partial charge >= 0.3 is 0 Å². The Balaban J connectivity index is 2.78. The van der Waals surface area contributed by atoms with Gasteiger partial charge in [0.05, 0.1) is 0 Å². The summed E-state index contributed by atoms with van der Waals surface area (Å²) >= 11 is 0. The highest BCUT2D eigenvalue weighted by Crippen LogP contribution is 2.11. The van der Waals surface area contributed by atoms with E-state index >= 15 is 0 Å². The average Bonchev–Trinajstić information content (AvgIpc) is 2.18. The molecular weight excluding hydrogens is 176 g/mol. The first kappa shape index (κ1) is 10.7. The molecule has 3 heteroatoms. The van der Waals surface area contributed by atoms with E-state index in [-0.39, 0.29) is 11.8 Å². The number of rotatable bonds is 4. The molecule has 1 aromatic rings. The molecule has 3 N–H and O–H groups in total. The Labute approximate surface area is 84.3 Å². The molecule has 0 amide bonds. The highest BCUT2D eigenvalue weighted by molar-refractivity contribution is 5.94. The van der Waals surface area contributed by atoms with Crippen LogP contribution in [0.25, 0.3) is 0 Å². The number of anilines is 1. The van der Waals surface area contributed by atoms with Gasteiger partial charge in [-0.05, 0) is 26.0 Å². The lowest BCUT2D eigenvalue weighted by Crippen LogP contribution is -2.25. The molecule has 0 bridgehead atoms. The molecule has 0 fully saturated rings. The quantitative estimate of drug-likeness (QED) is 0.713. The third-order valence-corrected chi connectivity index (χ3v) is 2.04. The number of hydrogen-bond acceptors (Lipinski definition) is 3. The summed E-state index contributed by atoms with van der Waals surface area (Å²) in [5.41, 5.74) is 7.15. The van der Waals surface area contributed by atoms with E-state index < -0.39 is 0 Å². The Morgan fingerprint density at radius 1 is 1.57 bits per heavy atom. The zero-order valence-corrected chi connectivity index (χ0v) is 8.58. The number of nitrogens with one attached hydrogen (secondary N) is 1. The number of hydrogen-bond donors (Lipinski definition) is 2. The van der Waals surface area contributed by atoms with Gasteiger partial charge in [-0.15, -0.1) is 0 Å². The minimum absolute atomic E-state index is 0.0778. The molecule has 14 heavy (non-hydrogen) atoms. The van der Waals surface area contributed by atoms with E-state index in [1.807, 2.05) is 25.1 Å². The van der Waals surface area contributed by atoms with E-state index in [4.69, 9.17) is 5.73 Å². The zero-order valence-electron chi connectivity index (χ0n) is 8.58. The van der Waals surface area contributed by atoms with Gasteiger partial charge in [-0.1, -0.05) is 12.1 Å². The van der Waals surface area contributed by atoms with E-state index in [9.17, 15) is 4.79 Å². The summed E-state index contributed by atoms with van der Waals surface area (Å²) in [5, 5.41) is 3.21. The van der Waals surface area contributed by atoms with Gasteiger partial charge in [0.15, 0.2) is 5.78 Å². The number of Topliss-reactive ketones (excluding diaryl/α,β-unsaturated/α-hetero) is 1. The highest BCUT2D eigenvalue weighted by Gasteiger charge is 2.02. The highest BCUT2D eigenvalue weighted by atomic mass is 16.1. The molecule has 0 aliphatic rings. The van der Waals surface area contributed by atoms with Gasteiger partial charge < -0.3 is 11.1 Å². The topological polar surface area (TPSA) is 55.1 Å². The summed E-state index contributed by atoms with van der Waals surface area (Å²) in [6.45, 7) is 4.14. The Hall–Kier alpha value is -1.35. The predicted molar refractivity (Wildman–Crippen MR) is 58.6 cm³/mol. The van der Waals surface area contributed by atoms with Crippen molar-refractivity contribution >= 4 is 11.5 Å². The van der Waals surface area contributed by atoms with Gasteiger partial charge in [0.2, 0.25) is 0 Å². The van der Waals surface area contributed by atoms with Gasteiger partial charge in [0.1, 0.15) is 0 Å². The SMILES string of the molecule is CC(=O)c1cccc(NC(C)CN)c1. The van der Waals surface area contributed by atoms with Crippen molar-refractivity contribution in [2.75, 3.05) is 11.9 Å². The van der Waals surface area contributed by atoms with Crippen molar-refractivity contribution in [3.05, 3.63) is 29.8 Å². The number of carbonyl (C=O) groups excluding carboxylic acids is 1. The first-order chi connectivity index (χ1) is 6.63. The van der Waals surface area contributed by atoms with Gasteiger partial charge in [-0.2, -0.15) is 0 Å². The van der Waals surface area contributed by atoms with E-state index in [2.05, 4.69) is 5.32 Å². The number of ketones is 1. The fourth-order valence-corrected chi connectivity index (χ4v) is 1.17. The van der Waals surface area contributed by atoms with Crippen LogP contribution < -0.4 is 11.1 Å². The molecule has 0 saturated heterocycles. The van der Waals surface area contributed by atoms with Crippen molar-refractivity contribution in [2.45, 2.75) is 19.9 Å². The third-order valence-electron chi connectivity index (χ3n) is 2.04. The minimum atomic E-state index is 0.0778. The first-order valence-corrected chi connectivity index (χ1v) is 4.71. The lowest BCUT2D eigenvalue weighted by molar-refractivity contribution is 0.101. The minimum Gasteiger partial charge on any atom is -0.381 e. The van der Waals surface area contributed by atoms with Gasteiger partial charge in [0, 0.05) is 23.8 Å². The fraction of sp³-hybridized carbons (Fsp3) is 0.364. The first-order valence-electron chi connectivity index (χ1n) is 4.71. The summed E-state index contributed by atoms with van der Waals surface area (Å²) in [6, 6.07) is 7.66. The molecule has 0 aliphatic carbocycles. The maximum absolute atomic E-state index is 11.1. The van der Waals surface area contributed by atoms with E-state index in [0.29, 0.717) is 6.54 Å². The van der Waals surface area contributed by atoms with Crippen LogP contribution in [-0.4, -0.2) is 18.4 Å². The zero-order chi connectivity index (χ0) is 10.6. The van der Waals surface area contributed by atoms with Crippen LogP contribution in [0.1, 0.15) is 24.2 Å². The Morgan fingerprint density at radius 2 is 2.29 bits per heavy atom. The number of benzene rings is 1. The molecule has 1 rings (SSSR count). The Kier molecular flexibility index (Phi) is 3.65. The number of nitrogens with two attached hydrogens (primary N) is 1. The molecular formula is C11H16N2O. The lowest BCUT2D eigenvalue weighted by Gasteiger charge is -2.13. The van der Waals surface area contributed by atoms with Gasteiger partial charge in [-0.3, -0.25) is 4.79 Å². The molecule has 3 nitrogen and oxygen atoms in total. The normalized spacial score (nSPS) is 12.2. The van der Waals surface area contributed by atoms with Crippen molar-refractivity contribution in [3.63, 3.8) is 0 Å². The van der Waals surface area contributed by atoms with Gasteiger partial charge in [-0.25, -0.2) is 0 Å². The number of carbonyl (C=O) groups is 1. The second-order valence-electron chi connectivity index (χ2n) is 3.42. The van der Waals surface area contributed by atoms with Crippen molar-refractivity contribution in [3.8, 4) is 0 Å². The van der Waals surface area contributed by atoms with Crippen molar-refractivity contribution in [1.82, 2.24) is 0 Å². The van der Waals surface area contributed by atoms with E-state index in [0.717, 1.165) is 11.3 Å². The van der Waals surface area contributed by atoms with Crippen molar-refractivity contribution in [2.24, 2.45) is 5.73 Å². The van der Waals surface area contributed by atoms with Gasteiger partial charge in [0.25, 0.3) is 0 Å². The second-order valence-corrected chi connectivity index (χ2v) is 3.42. The molecule has 0 aromatic heterocycles. The van der Waals surface area contributed by atoms with Crippen molar-refractivity contribution < 1.29 is 4.79 Å². The Morgan fingerprint density at radius 3 is 2.86 bits per heavy atom. The third kappa shape index (κ3) is 2.85. The lowest BCUT2D eigenvalue weighted by atomic mass is 10.1. The van der Waals surface area contributed by atoms with E-state index in [1.165, 1.54) is 0 Å².